The molecule has 1 aromatic heterocycles. The summed E-state index contributed by atoms with van der Waals surface area (Å²) in [4.78, 5) is 9.18. The van der Waals surface area contributed by atoms with Gasteiger partial charge in [-0.3, -0.25) is 0 Å². The van der Waals surface area contributed by atoms with E-state index < -0.39 is 0 Å². The van der Waals surface area contributed by atoms with E-state index in [9.17, 15) is 0 Å². The number of nitrogens with two attached hydrogens (primary N) is 1. The Morgan fingerprint density at radius 3 is 2.74 bits per heavy atom. The number of nitrogens with zero attached hydrogens (tertiary/aromatic N) is 2. The summed E-state index contributed by atoms with van der Waals surface area (Å²) >= 11 is 3.55. The van der Waals surface area contributed by atoms with Crippen molar-refractivity contribution >= 4 is 21.7 Å². The van der Waals surface area contributed by atoms with Crippen molar-refractivity contribution in [2.45, 2.75) is 32.6 Å². The van der Waals surface area contributed by atoms with E-state index in [-0.39, 0.29) is 0 Å². The first kappa shape index (κ1) is 12.6. The van der Waals surface area contributed by atoms with Gasteiger partial charge in [0.25, 0.3) is 0 Å². The minimum absolute atomic E-state index is 0.649. The van der Waals surface area contributed by atoms with E-state index in [1.54, 1.807) is 0 Å². The lowest BCUT2D eigenvalue weighted by atomic mass is 9.96. The van der Waals surface area contributed by atoms with E-state index in [0.29, 0.717) is 5.82 Å². The van der Waals surface area contributed by atoms with Gasteiger partial charge in [-0.15, -0.1) is 0 Å². The lowest BCUT2D eigenvalue weighted by Gasteiger charge is -2.17. The van der Waals surface area contributed by atoms with Crippen LogP contribution in [0.2, 0.25) is 0 Å². The number of aromatic nitrogens is 2. The van der Waals surface area contributed by atoms with Crippen LogP contribution in [0.3, 0.4) is 0 Å². The summed E-state index contributed by atoms with van der Waals surface area (Å²) in [7, 11) is 0. The molecule has 0 aliphatic heterocycles. The van der Waals surface area contributed by atoms with Crippen LogP contribution < -0.4 is 5.73 Å². The molecule has 19 heavy (non-hydrogen) atoms. The van der Waals surface area contributed by atoms with Gasteiger partial charge in [-0.1, -0.05) is 28.1 Å². The van der Waals surface area contributed by atoms with Gasteiger partial charge in [-0.25, -0.2) is 9.97 Å². The highest BCUT2D eigenvalue weighted by Crippen LogP contribution is 2.28. The van der Waals surface area contributed by atoms with Gasteiger partial charge in [0, 0.05) is 21.3 Å². The van der Waals surface area contributed by atoms with Gasteiger partial charge in [0.05, 0.1) is 0 Å². The van der Waals surface area contributed by atoms with Crippen molar-refractivity contribution in [2.75, 3.05) is 5.73 Å². The van der Waals surface area contributed by atoms with Gasteiger partial charge >= 0.3 is 0 Å². The minimum Gasteiger partial charge on any atom is -0.383 e. The van der Waals surface area contributed by atoms with E-state index in [1.807, 2.05) is 6.07 Å². The number of halogens is 1. The van der Waals surface area contributed by atoms with Gasteiger partial charge in [0.1, 0.15) is 5.82 Å². The van der Waals surface area contributed by atoms with E-state index >= 15 is 0 Å². The zero-order valence-electron chi connectivity index (χ0n) is 10.9. The molecule has 98 valence electrons. The van der Waals surface area contributed by atoms with Gasteiger partial charge in [0.15, 0.2) is 5.82 Å². The molecule has 3 nitrogen and oxygen atoms in total. The van der Waals surface area contributed by atoms with E-state index in [4.69, 9.17) is 10.7 Å². The Hall–Kier alpha value is -1.42. The summed E-state index contributed by atoms with van der Waals surface area (Å²) in [5.74, 6) is 1.38. The Balaban J connectivity index is 2.10. The molecule has 0 radical (unpaired) electrons. The van der Waals surface area contributed by atoms with Crippen LogP contribution in [0.25, 0.3) is 11.4 Å². The molecule has 0 spiro atoms. The number of hydrogen-bond acceptors (Lipinski definition) is 3. The summed E-state index contributed by atoms with van der Waals surface area (Å²) in [5, 5.41) is 0. The third-order valence-electron chi connectivity index (χ3n) is 3.65. The van der Waals surface area contributed by atoms with Crippen molar-refractivity contribution in [2.24, 2.45) is 0 Å². The third kappa shape index (κ3) is 2.37. The van der Waals surface area contributed by atoms with Crippen molar-refractivity contribution in [3.8, 4) is 11.4 Å². The second-order valence-corrected chi connectivity index (χ2v) is 5.88. The highest BCUT2D eigenvalue weighted by molar-refractivity contribution is 9.10. The van der Waals surface area contributed by atoms with Crippen LogP contribution in [-0.4, -0.2) is 9.97 Å². The molecule has 2 N–H and O–H groups in total. The van der Waals surface area contributed by atoms with Crippen LogP contribution in [-0.2, 0) is 12.8 Å². The number of hydrogen-bond donors (Lipinski definition) is 1. The van der Waals surface area contributed by atoms with Crippen LogP contribution in [0.5, 0.6) is 0 Å². The molecule has 3 rings (SSSR count). The van der Waals surface area contributed by atoms with Gasteiger partial charge in [0.2, 0.25) is 0 Å². The second-order valence-electron chi connectivity index (χ2n) is 5.03. The molecule has 1 aliphatic rings. The summed E-state index contributed by atoms with van der Waals surface area (Å²) in [6, 6.07) is 6.17. The van der Waals surface area contributed by atoms with E-state index in [0.717, 1.165) is 40.0 Å². The maximum Gasteiger partial charge on any atom is 0.161 e. The van der Waals surface area contributed by atoms with E-state index in [1.165, 1.54) is 18.4 Å². The number of benzene rings is 1. The summed E-state index contributed by atoms with van der Waals surface area (Å²) in [6.07, 6.45) is 4.41. The maximum absolute atomic E-state index is 6.08. The summed E-state index contributed by atoms with van der Waals surface area (Å²) < 4.78 is 1.07. The molecule has 0 saturated carbocycles. The molecule has 0 fully saturated rings. The van der Waals surface area contributed by atoms with Gasteiger partial charge in [-0.2, -0.15) is 0 Å². The molecule has 1 heterocycles. The molecule has 1 aliphatic carbocycles. The van der Waals surface area contributed by atoms with Crippen molar-refractivity contribution in [1.82, 2.24) is 9.97 Å². The monoisotopic (exact) mass is 317 g/mol. The molecular weight excluding hydrogens is 302 g/mol. The van der Waals surface area contributed by atoms with Crippen LogP contribution in [0.1, 0.15) is 29.7 Å². The maximum atomic E-state index is 6.08. The van der Waals surface area contributed by atoms with Crippen LogP contribution in [0.15, 0.2) is 22.7 Å². The van der Waals surface area contributed by atoms with Crippen LogP contribution in [0, 0.1) is 6.92 Å². The fourth-order valence-corrected chi connectivity index (χ4v) is 2.86. The number of anilines is 1. The summed E-state index contributed by atoms with van der Waals surface area (Å²) in [5.41, 5.74) is 10.6. The second kappa shape index (κ2) is 4.93. The normalized spacial score (nSPS) is 14.2. The smallest absolute Gasteiger partial charge is 0.161 e. The quantitative estimate of drug-likeness (QED) is 0.873. The lowest BCUT2D eigenvalue weighted by molar-refractivity contribution is 0.666. The number of nitrogen functional groups attached to an aromatic ring is 1. The topological polar surface area (TPSA) is 51.8 Å². The zero-order valence-corrected chi connectivity index (χ0v) is 12.5. The van der Waals surface area contributed by atoms with Crippen molar-refractivity contribution in [3.05, 3.63) is 39.5 Å². The summed E-state index contributed by atoms with van der Waals surface area (Å²) in [6.45, 7) is 2.07. The SMILES string of the molecule is Cc1ccc(-c2nc(N)c3c(n2)CCCC3)cc1Br. The van der Waals surface area contributed by atoms with Crippen molar-refractivity contribution in [1.29, 1.82) is 0 Å². The van der Waals surface area contributed by atoms with Gasteiger partial charge < -0.3 is 5.73 Å². The van der Waals surface area contributed by atoms with Gasteiger partial charge in [-0.05, 0) is 44.2 Å². The Morgan fingerprint density at radius 1 is 1.16 bits per heavy atom. The molecule has 4 heteroatoms. The average molecular weight is 318 g/mol. The number of rotatable bonds is 1. The Morgan fingerprint density at radius 2 is 1.95 bits per heavy atom. The highest BCUT2D eigenvalue weighted by atomic mass is 79.9. The average Bonchev–Trinajstić information content (AvgIpc) is 2.42. The standard InChI is InChI=1S/C15H16BrN3/c1-9-6-7-10(8-12(9)16)15-18-13-5-3-2-4-11(13)14(17)19-15/h6-8H,2-5H2,1H3,(H2,17,18,19). The predicted molar refractivity (Wildman–Crippen MR) is 81.0 cm³/mol. The first-order valence-electron chi connectivity index (χ1n) is 6.57. The Labute approximate surface area is 121 Å². The molecule has 0 atom stereocenters. The zero-order chi connectivity index (χ0) is 13.4. The fourth-order valence-electron chi connectivity index (χ4n) is 2.48. The lowest BCUT2D eigenvalue weighted by Crippen LogP contribution is -2.11. The molecule has 0 amide bonds. The molecule has 1 aromatic carbocycles. The Kier molecular flexibility index (Phi) is 3.27. The highest BCUT2D eigenvalue weighted by Gasteiger charge is 2.16. The van der Waals surface area contributed by atoms with Crippen LogP contribution in [0.4, 0.5) is 5.82 Å². The third-order valence-corrected chi connectivity index (χ3v) is 4.50. The molecule has 2 aromatic rings. The number of fused-ring (bicyclic) bond motifs is 1. The first-order valence-corrected chi connectivity index (χ1v) is 7.36. The molecule has 0 bridgehead atoms. The number of aryl methyl sites for hydroxylation is 2. The molecule has 0 unspecified atom stereocenters. The molecular formula is C15H16BrN3. The fraction of sp³-hybridized carbons (Fsp3) is 0.333. The first-order chi connectivity index (χ1) is 9.15. The Bertz CT molecular complexity index is 638. The minimum atomic E-state index is 0.649. The largest absolute Gasteiger partial charge is 0.383 e. The molecule has 0 saturated heterocycles. The predicted octanol–water partition coefficient (Wildman–Crippen LogP) is 3.68. The van der Waals surface area contributed by atoms with Crippen molar-refractivity contribution in [3.63, 3.8) is 0 Å². The van der Waals surface area contributed by atoms with E-state index in [2.05, 4.69) is 40.0 Å². The van der Waals surface area contributed by atoms with Crippen molar-refractivity contribution < 1.29 is 0 Å². The van der Waals surface area contributed by atoms with Crippen LogP contribution >= 0.6 is 15.9 Å².